The molecule has 1 aromatic carbocycles. The number of nitrogens with zero attached hydrogens (tertiary/aromatic N) is 4. The van der Waals surface area contributed by atoms with Crippen LogP contribution in [0.15, 0.2) is 24.5 Å². The Kier molecular flexibility index (Phi) is 3.83. The molecule has 1 aliphatic heterocycles. The Bertz CT molecular complexity index is 685. The Labute approximate surface area is 136 Å². The van der Waals surface area contributed by atoms with Gasteiger partial charge in [-0.2, -0.15) is 5.10 Å². The maximum atomic E-state index is 12.4. The van der Waals surface area contributed by atoms with Gasteiger partial charge < -0.3 is 4.74 Å². The van der Waals surface area contributed by atoms with Gasteiger partial charge in [-0.3, -0.25) is 9.69 Å². The Morgan fingerprint density at radius 2 is 2.24 bits per heavy atom. The monoisotopic (exact) mass is 398 g/mol. The first-order chi connectivity index (χ1) is 10.1. The molecule has 3 rings (SSSR count). The van der Waals surface area contributed by atoms with E-state index in [2.05, 4.69) is 32.7 Å². The minimum atomic E-state index is -0.492. The van der Waals surface area contributed by atoms with Crippen LogP contribution in [0.4, 0.5) is 5.69 Å². The first kappa shape index (κ1) is 14.3. The lowest BCUT2D eigenvalue weighted by atomic mass is 10.2. The summed E-state index contributed by atoms with van der Waals surface area (Å²) in [7, 11) is 0. The highest BCUT2D eigenvalue weighted by atomic mass is 127. The molecule has 1 amide bonds. The molecule has 0 aliphatic carbocycles. The van der Waals surface area contributed by atoms with Gasteiger partial charge in [0.2, 0.25) is 0 Å². The number of aryl methyl sites for hydroxylation is 1. The van der Waals surface area contributed by atoms with Crippen molar-refractivity contribution < 1.29 is 9.53 Å². The van der Waals surface area contributed by atoms with Crippen LogP contribution in [0.3, 0.4) is 0 Å². The van der Waals surface area contributed by atoms with E-state index in [9.17, 15) is 4.79 Å². The zero-order chi connectivity index (χ0) is 15.0. The van der Waals surface area contributed by atoms with E-state index >= 15 is 0 Å². The summed E-state index contributed by atoms with van der Waals surface area (Å²) in [5.74, 6) is 1.44. The number of amides is 1. The average Bonchev–Trinajstić information content (AvgIpc) is 2.91. The van der Waals surface area contributed by atoms with Crippen LogP contribution in [0.2, 0.25) is 0 Å². The number of carbonyl (C=O) groups is 1. The zero-order valence-electron chi connectivity index (χ0n) is 11.8. The average molecular weight is 398 g/mol. The standard InChI is InChI=1S/C14H15IN4O2/c1-3-19-13(16-8-17-19)7-18-11-5-4-10(15)6-12(11)21-9(2)14(18)20/h4-6,8-9H,3,7H2,1-2H3. The summed E-state index contributed by atoms with van der Waals surface area (Å²) in [6.07, 6.45) is 1.02. The number of fused-ring (bicyclic) bond motifs is 1. The minimum absolute atomic E-state index is 0.0608. The highest BCUT2D eigenvalue weighted by molar-refractivity contribution is 14.1. The van der Waals surface area contributed by atoms with E-state index in [4.69, 9.17) is 4.74 Å². The summed E-state index contributed by atoms with van der Waals surface area (Å²) in [6.45, 7) is 4.89. The van der Waals surface area contributed by atoms with Crippen molar-refractivity contribution in [3.05, 3.63) is 33.9 Å². The fourth-order valence-corrected chi connectivity index (χ4v) is 2.83. The molecule has 2 heterocycles. The smallest absolute Gasteiger partial charge is 0.268 e. The van der Waals surface area contributed by atoms with Crippen molar-refractivity contribution in [1.82, 2.24) is 14.8 Å². The molecule has 0 bridgehead atoms. The Hall–Kier alpha value is -1.64. The number of rotatable bonds is 3. The lowest BCUT2D eigenvalue weighted by Crippen LogP contribution is -2.44. The van der Waals surface area contributed by atoms with Crippen LogP contribution in [0.1, 0.15) is 19.7 Å². The van der Waals surface area contributed by atoms with Gasteiger partial charge in [0.15, 0.2) is 6.10 Å². The molecular formula is C14H15IN4O2. The van der Waals surface area contributed by atoms with Gasteiger partial charge >= 0.3 is 0 Å². The minimum Gasteiger partial charge on any atom is -0.479 e. The van der Waals surface area contributed by atoms with Crippen LogP contribution < -0.4 is 9.64 Å². The Morgan fingerprint density at radius 3 is 3.00 bits per heavy atom. The highest BCUT2D eigenvalue weighted by Crippen LogP contribution is 2.35. The number of halogens is 1. The first-order valence-corrected chi connectivity index (χ1v) is 7.82. The van der Waals surface area contributed by atoms with Crippen LogP contribution in [-0.2, 0) is 17.9 Å². The van der Waals surface area contributed by atoms with Crippen LogP contribution in [0.25, 0.3) is 0 Å². The van der Waals surface area contributed by atoms with E-state index < -0.39 is 6.10 Å². The predicted octanol–water partition coefficient (Wildman–Crippen LogP) is 2.22. The fourth-order valence-electron chi connectivity index (χ4n) is 2.36. The summed E-state index contributed by atoms with van der Waals surface area (Å²) in [5.41, 5.74) is 0.782. The van der Waals surface area contributed by atoms with Gasteiger partial charge in [-0.05, 0) is 54.6 Å². The second-order valence-corrected chi connectivity index (χ2v) is 6.03. The summed E-state index contributed by atoms with van der Waals surface area (Å²) < 4.78 is 8.56. The van der Waals surface area contributed by atoms with E-state index in [0.717, 1.165) is 27.4 Å². The molecular weight excluding hydrogens is 383 g/mol. The number of benzene rings is 1. The van der Waals surface area contributed by atoms with Crippen molar-refractivity contribution in [2.45, 2.75) is 33.0 Å². The van der Waals surface area contributed by atoms with Gasteiger partial charge in [-0.1, -0.05) is 0 Å². The van der Waals surface area contributed by atoms with Crippen molar-refractivity contribution >= 4 is 34.2 Å². The third kappa shape index (κ3) is 2.61. The van der Waals surface area contributed by atoms with Crippen molar-refractivity contribution in [1.29, 1.82) is 0 Å². The third-order valence-electron chi connectivity index (χ3n) is 3.42. The van der Waals surface area contributed by atoms with Crippen molar-refractivity contribution in [2.75, 3.05) is 4.90 Å². The van der Waals surface area contributed by atoms with E-state index in [-0.39, 0.29) is 5.91 Å². The Morgan fingerprint density at radius 1 is 1.43 bits per heavy atom. The molecule has 0 radical (unpaired) electrons. The zero-order valence-corrected chi connectivity index (χ0v) is 13.9. The lowest BCUT2D eigenvalue weighted by Gasteiger charge is -2.32. The van der Waals surface area contributed by atoms with Gasteiger partial charge in [0.1, 0.15) is 17.9 Å². The first-order valence-electron chi connectivity index (χ1n) is 6.74. The topological polar surface area (TPSA) is 60.2 Å². The molecule has 7 heteroatoms. The molecule has 1 unspecified atom stereocenters. The van der Waals surface area contributed by atoms with E-state index in [1.165, 1.54) is 6.33 Å². The number of hydrogen-bond acceptors (Lipinski definition) is 4. The molecule has 6 nitrogen and oxygen atoms in total. The maximum absolute atomic E-state index is 12.4. The molecule has 0 saturated carbocycles. The normalized spacial score (nSPS) is 17.6. The number of ether oxygens (including phenoxy) is 1. The number of aromatic nitrogens is 3. The van der Waals surface area contributed by atoms with Gasteiger partial charge in [0, 0.05) is 10.1 Å². The summed E-state index contributed by atoms with van der Waals surface area (Å²) in [5, 5.41) is 4.15. The summed E-state index contributed by atoms with van der Waals surface area (Å²) >= 11 is 2.23. The molecule has 110 valence electrons. The van der Waals surface area contributed by atoms with Crippen LogP contribution in [0, 0.1) is 3.57 Å². The maximum Gasteiger partial charge on any atom is 0.268 e. The van der Waals surface area contributed by atoms with Gasteiger partial charge in [-0.25, -0.2) is 9.67 Å². The van der Waals surface area contributed by atoms with Crippen LogP contribution >= 0.6 is 22.6 Å². The molecule has 0 saturated heterocycles. The Balaban J connectivity index is 1.99. The van der Waals surface area contributed by atoms with Gasteiger partial charge in [0.05, 0.1) is 12.2 Å². The lowest BCUT2D eigenvalue weighted by molar-refractivity contribution is -0.125. The van der Waals surface area contributed by atoms with Crippen molar-refractivity contribution in [3.8, 4) is 5.75 Å². The van der Waals surface area contributed by atoms with E-state index in [1.807, 2.05) is 25.1 Å². The molecule has 1 aliphatic rings. The SMILES string of the molecule is CCn1ncnc1CN1C(=O)C(C)Oc2cc(I)ccc21. The molecule has 0 N–H and O–H groups in total. The molecule has 0 fully saturated rings. The second-order valence-electron chi connectivity index (χ2n) is 4.79. The third-order valence-corrected chi connectivity index (χ3v) is 4.10. The molecule has 2 aromatic rings. The largest absolute Gasteiger partial charge is 0.479 e. The fraction of sp³-hybridized carbons (Fsp3) is 0.357. The van der Waals surface area contributed by atoms with Crippen molar-refractivity contribution in [2.24, 2.45) is 0 Å². The van der Waals surface area contributed by atoms with Crippen LogP contribution in [-0.4, -0.2) is 26.8 Å². The number of anilines is 1. The molecule has 0 spiro atoms. The molecule has 21 heavy (non-hydrogen) atoms. The molecule has 1 atom stereocenters. The van der Waals surface area contributed by atoms with Gasteiger partial charge in [-0.15, -0.1) is 0 Å². The van der Waals surface area contributed by atoms with Gasteiger partial charge in [0.25, 0.3) is 5.91 Å². The summed E-state index contributed by atoms with van der Waals surface area (Å²) in [4.78, 5) is 18.4. The van der Waals surface area contributed by atoms with E-state index in [1.54, 1.807) is 16.5 Å². The highest BCUT2D eigenvalue weighted by Gasteiger charge is 2.32. The van der Waals surface area contributed by atoms with E-state index in [0.29, 0.717) is 6.54 Å². The van der Waals surface area contributed by atoms with Crippen LogP contribution in [0.5, 0.6) is 5.75 Å². The van der Waals surface area contributed by atoms with Crippen molar-refractivity contribution in [3.63, 3.8) is 0 Å². The predicted molar refractivity (Wildman–Crippen MR) is 86.1 cm³/mol. The second kappa shape index (κ2) is 5.63. The number of hydrogen-bond donors (Lipinski definition) is 0. The molecule has 1 aromatic heterocycles. The quantitative estimate of drug-likeness (QED) is 0.745. The number of carbonyl (C=O) groups excluding carboxylic acids is 1. The summed E-state index contributed by atoms with van der Waals surface area (Å²) in [6, 6.07) is 5.81.